The van der Waals surface area contributed by atoms with Crippen LogP contribution in [0, 0.1) is 10.1 Å². The average molecular weight is 511 g/mol. The molecule has 0 aromatic heterocycles. The molecule has 188 valence electrons. The van der Waals surface area contributed by atoms with Crippen LogP contribution in [0.3, 0.4) is 0 Å². The van der Waals surface area contributed by atoms with Gasteiger partial charge in [-0.1, -0.05) is 61.5 Å². The maximum Gasteiger partial charge on any atom is 0.309 e. The second-order valence-electron chi connectivity index (χ2n) is 8.69. The van der Waals surface area contributed by atoms with Crippen molar-refractivity contribution in [3.05, 3.63) is 94.1 Å². The van der Waals surface area contributed by atoms with Gasteiger partial charge in [-0.2, -0.15) is 8.42 Å². The zero-order valence-electron chi connectivity index (χ0n) is 19.8. The van der Waals surface area contributed by atoms with Gasteiger partial charge in [-0.25, -0.2) is 4.99 Å². The number of amides is 1. The molecular formula is C25H26N4O6S. The van der Waals surface area contributed by atoms with Gasteiger partial charge in [0.15, 0.2) is 5.96 Å². The van der Waals surface area contributed by atoms with Crippen molar-refractivity contribution in [3.8, 4) is 5.75 Å². The van der Waals surface area contributed by atoms with Gasteiger partial charge in [-0.05, 0) is 41.3 Å². The van der Waals surface area contributed by atoms with Crippen LogP contribution in [0.25, 0.3) is 5.57 Å². The highest BCUT2D eigenvalue weighted by Gasteiger charge is 2.69. The van der Waals surface area contributed by atoms with Crippen molar-refractivity contribution in [1.29, 1.82) is 0 Å². The van der Waals surface area contributed by atoms with E-state index in [2.05, 4.69) is 4.99 Å². The van der Waals surface area contributed by atoms with Crippen molar-refractivity contribution in [3.63, 3.8) is 0 Å². The lowest BCUT2D eigenvalue weighted by atomic mass is 9.67. The Bertz CT molecular complexity index is 1390. The number of allylic oxidation sites excluding steroid dienone is 2. The summed E-state index contributed by atoms with van der Waals surface area (Å²) in [6, 6.07) is 14.7. The van der Waals surface area contributed by atoms with Crippen molar-refractivity contribution in [2.75, 3.05) is 12.8 Å². The molecule has 0 bridgehead atoms. The van der Waals surface area contributed by atoms with Gasteiger partial charge in [0, 0.05) is 12.0 Å². The summed E-state index contributed by atoms with van der Waals surface area (Å²) in [5.74, 6) is -0.955. The summed E-state index contributed by atoms with van der Waals surface area (Å²) in [5, 5.41) is 12.8. The Morgan fingerprint density at radius 2 is 1.83 bits per heavy atom. The number of hydrogen-bond acceptors (Lipinski definition) is 8. The molecule has 2 N–H and O–H groups in total. The normalized spacial score (nSPS) is 23.8. The molecule has 0 spiro atoms. The molecule has 2 aliphatic rings. The summed E-state index contributed by atoms with van der Waals surface area (Å²) in [7, 11) is -2.39. The van der Waals surface area contributed by atoms with E-state index in [0.717, 1.165) is 10.5 Å². The first-order chi connectivity index (χ1) is 17.1. The van der Waals surface area contributed by atoms with E-state index >= 15 is 0 Å². The van der Waals surface area contributed by atoms with Crippen LogP contribution in [0.1, 0.15) is 30.9 Å². The molecule has 1 heterocycles. The maximum atomic E-state index is 13.7. The highest BCUT2D eigenvalue weighted by molar-refractivity contribution is 7.87. The highest BCUT2D eigenvalue weighted by Crippen LogP contribution is 2.50. The Labute approximate surface area is 209 Å². The van der Waals surface area contributed by atoms with Gasteiger partial charge < -0.3 is 9.92 Å². The highest BCUT2D eigenvalue weighted by atomic mass is 32.2. The van der Waals surface area contributed by atoms with Crippen LogP contribution in [-0.4, -0.2) is 48.4 Å². The predicted molar refractivity (Wildman–Crippen MR) is 135 cm³/mol. The molecule has 2 unspecified atom stereocenters. The van der Waals surface area contributed by atoms with Gasteiger partial charge in [0.1, 0.15) is 5.75 Å². The fourth-order valence-electron chi connectivity index (χ4n) is 4.64. The Kier molecular flexibility index (Phi) is 6.44. The number of nitro groups is 1. The molecule has 0 radical (unpaired) electrons. The van der Waals surface area contributed by atoms with E-state index in [1.807, 2.05) is 30.3 Å². The fraction of sp³-hybridized carbons (Fsp3) is 0.280. The van der Waals surface area contributed by atoms with Crippen LogP contribution in [-0.2, 0) is 20.5 Å². The minimum absolute atomic E-state index is 0.0253. The SMILES string of the molecule is CCCS(=O)(=O)Oc1ccc(C2(C3([N+](=O)[O-])C=CC=C(c4ccccc4)C3)N=C(N)N(C)C2=O)cc1. The summed E-state index contributed by atoms with van der Waals surface area (Å²) in [5.41, 5.74) is 3.63. The van der Waals surface area contributed by atoms with Crippen LogP contribution in [0.5, 0.6) is 5.75 Å². The molecule has 4 rings (SSSR count). The average Bonchev–Trinajstić information content (AvgIpc) is 3.09. The summed E-state index contributed by atoms with van der Waals surface area (Å²) < 4.78 is 29.3. The topological polar surface area (TPSA) is 145 Å². The van der Waals surface area contributed by atoms with Gasteiger partial charge in [0.2, 0.25) is 5.54 Å². The molecule has 0 saturated carbocycles. The van der Waals surface area contributed by atoms with Gasteiger partial charge in [-0.15, -0.1) is 0 Å². The number of carbonyl (C=O) groups is 1. The van der Waals surface area contributed by atoms with Crippen LogP contribution in [0.4, 0.5) is 0 Å². The van der Waals surface area contributed by atoms with Gasteiger partial charge >= 0.3 is 10.1 Å². The molecule has 0 fully saturated rings. The number of hydrogen-bond donors (Lipinski definition) is 1. The smallest absolute Gasteiger partial charge is 0.309 e. The van der Waals surface area contributed by atoms with Crippen molar-refractivity contribution in [2.24, 2.45) is 10.7 Å². The lowest BCUT2D eigenvalue weighted by molar-refractivity contribution is -0.564. The zero-order valence-corrected chi connectivity index (χ0v) is 20.6. The first kappa shape index (κ1) is 25.1. The number of nitrogens with two attached hydrogens (primary N) is 1. The molecule has 2 atom stereocenters. The van der Waals surface area contributed by atoms with E-state index in [4.69, 9.17) is 9.92 Å². The van der Waals surface area contributed by atoms with Crippen molar-refractivity contribution in [2.45, 2.75) is 30.8 Å². The van der Waals surface area contributed by atoms with E-state index in [9.17, 15) is 23.3 Å². The molecule has 1 amide bonds. The first-order valence-electron chi connectivity index (χ1n) is 11.3. The summed E-state index contributed by atoms with van der Waals surface area (Å²) in [6.07, 6.45) is 4.97. The maximum absolute atomic E-state index is 13.7. The summed E-state index contributed by atoms with van der Waals surface area (Å²) in [6.45, 7) is 1.71. The number of benzene rings is 2. The second kappa shape index (κ2) is 9.23. The van der Waals surface area contributed by atoms with Crippen LogP contribution in [0.15, 0.2) is 77.8 Å². The standard InChI is InChI=1S/C25H26N4O6S/c1-3-16-36(33,34)35-21-13-11-20(12-14-21)25(22(30)28(2)23(26)27-25)24(29(31)32)15-7-10-19(17-24)18-8-5-4-6-9-18/h4-15H,3,16-17H2,1-2H3,(H2,26,27). The Hall–Kier alpha value is -3.99. The number of rotatable bonds is 8. The molecule has 2 aromatic rings. The van der Waals surface area contributed by atoms with E-state index in [1.54, 1.807) is 19.1 Å². The number of guanidine groups is 1. The van der Waals surface area contributed by atoms with E-state index in [-0.39, 0.29) is 29.4 Å². The molecule has 0 saturated heterocycles. The Balaban J connectivity index is 1.86. The first-order valence-corrected chi connectivity index (χ1v) is 12.9. The van der Waals surface area contributed by atoms with Gasteiger partial charge in [0.05, 0.1) is 12.2 Å². The van der Waals surface area contributed by atoms with Gasteiger partial charge in [0.25, 0.3) is 11.4 Å². The summed E-state index contributed by atoms with van der Waals surface area (Å²) >= 11 is 0. The Morgan fingerprint density at radius 3 is 2.39 bits per heavy atom. The van der Waals surface area contributed by atoms with E-state index < -0.39 is 32.0 Å². The third-order valence-corrected chi connectivity index (χ3v) is 7.77. The van der Waals surface area contributed by atoms with Crippen molar-refractivity contribution < 1.29 is 22.3 Å². The Morgan fingerprint density at radius 1 is 1.17 bits per heavy atom. The lowest BCUT2D eigenvalue weighted by Gasteiger charge is -2.38. The molecule has 1 aliphatic heterocycles. The third-order valence-electron chi connectivity index (χ3n) is 6.42. The lowest BCUT2D eigenvalue weighted by Crippen LogP contribution is -2.60. The number of aliphatic imine (C=N–C) groups is 1. The van der Waals surface area contributed by atoms with Crippen LogP contribution in [0.2, 0.25) is 0 Å². The van der Waals surface area contributed by atoms with E-state index in [1.165, 1.54) is 37.4 Å². The molecular weight excluding hydrogens is 484 g/mol. The zero-order chi connectivity index (χ0) is 26.1. The minimum atomic E-state index is -3.79. The third kappa shape index (κ3) is 4.05. The minimum Gasteiger partial charge on any atom is -0.382 e. The monoisotopic (exact) mass is 510 g/mol. The quantitative estimate of drug-likeness (QED) is 0.326. The van der Waals surface area contributed by atoms with Crippen LogP contribution >= 0.6 is 0 Å². The second-order valence-corrected chi connectivity index (χ2v) is 10.4. The molecule has 1 aliphatic carbocycles. The van der Waals surface area contributed by atoms with Crippen molar-refractivity contribution in [1.82, 2.24) is 4.90 Å². The fourth-order valence-corrected chi connectivity index (χ4v) is 5.63. The molecule has 11 heteroatoms. The number of carbonyl (C=O) groups excluding carboxylic acids is 1. The van der Waals surface area contributed by atoms with Crippen molar-refractivity contribution >= 4 is 27.6 Å². The molecule has 2 aromatic carbocycles. The largest absolute Gasteiger partial charge is 0.382 e. The molecule has 36 heavy (non-hydrogen) atoms. The predicted octanol–water partition coefficient (Wildman–Crippen LogP) is 2.85. The summed E-state index contributed by atoms with van der Waals surface area (Å²) in [4.78, 5) is 31.6. The van der Waals surface area contributed by atoms with Crippen LogP contribution < -0.4 is 9.92 Å². The van der Waals surface area contributed by atoms with Gasteiger partial charge in [-0.3, -0.25) is 19.8 Å². The number of likely N-dealkylation sites (N-methyl/N-ethyl adjacent to an activating group) is 1. The number of nitrogens with zero attached hydrogens (tertiary/aromatic N) is 3. The van der Waals surface area contributed by atoms with E-state index in [0.29, 0.717) is 12.0 Å². The molecule has 10 nitrogen and oxygen atoms in total.